The van der Waals surface area contributed by atoms with Crippen molar-refractivity contribution in [1.29, 1.82) is 0 Å². The van der Waals surface area contributed by atoms with E-state index in [4.69, 9.17) is 9.84 Å². The molecule has 0 spiro atoms. The van der Waals surface area contributed by atoms with E-state index in [1.54, 1.807) is 6.92 Å². The Hall–Kier alpha value is -2.13. The van der Waals surface area contributed by atoms with Crippen LogP contribution in [0.3, 0.4) is 0 Å². The van der Waals surface area contributed by atoms with E-state index < -0.39 is 28.0 Å². The van der Waals surface area contributed by atoms with Crippen LogP contribution in [0.15, 0.2) is 23.1 Å². The highest BCUT2D eigenvalue weighted by Crippen LogP contribution is 2.25. The van der Waals surface area contributed by atoms with Gasteiger partial charge >= 0.3 is 11.9 Å². The number of carboxylic acid groups (broad SMARTS) is 1. The van der Waals surface area contributed by atoms with Gasteiger partial charge in [0.15, 0.2) is 0 Å². The van der Waals surface area contributed by atoms with Crippen molar-refractivity contribution < 1.29 is 32.6 Å². The molecule has 1 atom stereocenters. The zero-order valence-electron chi connectivity index (χ0n) is 13.0. The van der Waals surface area contributed by atoms with Crippen molar-refractivity contribution in [1.82, 2.24) is 4.72 Å². The molecule has 2 N–H and O–H groups in total. The molecule has 0 aromatic heterocycles. The molecule has 0 bridgehead atoms. The Morgan fingerprint density at radius 1 is 1.30 bits per heavy atom. The summed E-state index contributed by atoms with van der Waals surface area (Å²) in [4.78, 5) is 22.3. The van der Waals surface area contributed by atoms with Crippen LogP contribution >= 0.6 is 0 Å². The fourth-order valence-electron chi connectivity index (χ4n) is 1.91. The number of esters is 1. The number of carbonyl (C=O) groups excluding carboxylic acids is 1. The number of benzene rings is 1. The summed E-state index contributed by atoms with van der Waals surface area (Å²) in [5.74, 6) is -1.99. The van der Waals surface area contributed by atoms with Crippen LogP contribution in [0.1, 0.15) is 30.1 Å². The molecule has 23 heavy (non-hydrogen) atoms. The summed E-state index contributed by atoms with van der Waals surface area (Å²) in [6, 6.07) is 2.40. The van der Waals surface area contributed by atoms with E-state index in [0.29, 0.717) is 6.42 Å². The van der Waals surface area contributed by atoms with Crippen LogP contribution in [0.2, 0.25) is 0 Å². The third-order valence-corrected chi connectivity index (χ3v) is 4.56. The largest absolute Gasteiger partial charge is 0.495 e. The van der Waals surface area contributed by atoms with Gasteiger partial charge in [0.2, 0.25) is 10.0 Å². The first-order chi connectivity index (χ1) is 10.8. The van der Waals surface area contributed by atoms with E-state index in [-0.39, 0.29) is 22.6 Å². The summed E-state index contributed by atoms with van der Waals surface area (Å²) >= 11 is 0. The lowest BCUT2D eigenvalue weighted by atomic mass is 10.2. The van der Waals surface area contributed by atoms with Crippen molar-refractivity contribution in [3.05, 3.63) is 23.8 Å². The number of nitrogens with one attached hydrogen (secondary N) is 1. The van der Waals surface area contributed by atoms with Crippen LogP contribution in [0.25, 0.3) is 0 Å². The zero-order valence-corrected chi connectivity index (χ0v) is 13.8. The Bertz CT molecular complexity index is 684. The minimum absolute atomic E-state index is 0.0824. The fraction of sp³-hybridized carbons (Fsp3) is 0.429. The molecular weight excluding hydrogens is 326 g/mol. The van der Waals surface area contributed by atoms with Gasteiger partial charge in [0.25, 0.3) is 0 Å². The topological polar surface area (TPSA) is 119 Å². The van der Waals surface area contributed by atoms with Gasteiger partial charge in [0, 0.05) is 0 Å². The third kappa shape index (κ3) is 4.67. The molecule has 1 unspecified atom stereocenters. The van der Waals surface area contributed by atoms with E-state index in [2.05, 4.69) is 9.46 Å². The van der Waals surface area contributed by atoms with E-state index >= 15 is 0 Å². The lowest BCUT2D eigenvalue weighted by Crippen LogP contribution is -2.40. The highest BCUT2D eigenvalue weighted by molar-refractivity contribution is 7.89. The Balaban J connectivity index is 3.22. The maximum atomic E-state index is 12.4. The minimum Gasteiger partial charge on any atom is -0.495 e. The summed E-state index contributed by atoms with van der Waals surface area (Å²) in [6.07, 6.45) is 0.648. The lowest BCUT2D eigenvalue weighted by Gasteiger charge is -2.16. The average Bonchev–Trinajstić information content (AvgIpc) is 2.52. The number of hydrogen-bond acceptors (Lipinski definition) is 6. The van der Waals surface area contributed by atoms with Crippen molar-refractivity contribution in [3.63, 3.8) is 0 Å². The van der Waals surface area contributed by atoms with Gasteiger partial charge in [-0.1, -0.05) is 13.3 Å². The summed E-state index contributed by atoms with van der Waals surface area (Å²) in [7, 11) is -1.68. The first-order valence-electron chi connectivity index (χ1n) is 6.78. The van der Waals surface area contributed by atoms with Crippen molar-refractivity contribution >= 4 is 22.0 Å². The number of aliphatic carboxylic acids is 1. The maximum Gasteiger partial charge on any atom is 0.337 e. The van der Waals surface area contributed by atoms with Crippen LogP contribution in [0.5, 0.6) is 5.75 Å². The number of ether oxygens (including phenoxy) is 2. The first-order valence-corrected chi connectivity index (χ1v) is 8.26. The lowest BCUT2D eigenvalue weighted by molar-refractivity contribution is -0.139. The van der Waals surface area contributed by atoms with Crippen LogP contribution < -0.4 is 9.46 Å². The molecule has 0 aliphatic carbocycles. The van der Waals surface area contributed by atoms with Gasteiger partial charge in [-0.05, 0) is 24.6 Å². The number of sulfonamides is 1. The second-order valence-corrected chi connectivity index (χ2v) is 6.34. The number of rotatable bonds is 8. The van der Waals surface area contributed by atoms with Crippen LogP contribution in [-0.4, -0.2) is 45.7 Å². The van der Waals surface area contributed by atoms with Gasteiger partial charge in [-0.3, -0.25) is 4.79 Å². The highest BCUT2D eigenvalue weighted by Gasteiger charge is 2.27. The Kier molecular flexibility index (Phi) is 6.52. The Labute approximate surface area is 134 Å². The van der Waals surface area contributed by atoms with E-state index in [9.17, 15) is 18.0 Å². The quantitative estimate of drug-likeness (QED) is 0.675. The van der Waals surface area contributed by atoms with Gasteiger partial charge in [-0.15, -0.1) is 0 Å². The third-order valence-electron chi connectivity index (χ3n) is 3.05. The molecule has 1 aromatic carbocycles. The van der Waals surface area contributed by atoms with E-state index in [0.717, 1.165) is 6.07 Å². The molecule has 8 nitrogen and oxygen atoms in total. The zero-order chi connectivity index (χ0) is 17.6. The predicted octanol–water partition coefficient (Wildman–Crippen LogP) is 1.01. The predicted molar refractivity (Wildman–Crippen MR) is 81.0 cm³/mol. The van der Waals surface area contributed by atoms with Crippen molar-refractivity contribution in [2.24, 2.45) is 0 Å². The molecule has 1 aromatic rings. The number of hydrogen-bond donors (Lipinski definition) is 2. The fourth-order valence-corrected chi connectivity index (χ4v) is 3.28. The van der Waals surface area contributed by atoms with Crippen LogP contribution in [-0.2, 0) is 19.6 Å². The Morgan fingerprint density at radius 2 is 1.96 bits per heavy atom. The number of carboxylic acids is 1. The van der Waals surface area contributed by atoms with Crippen LogP contribution in [0.4, 0.5) is 0 Å². The van der Waals surface area contributed by atoms with E-state index in [1.807, 2.05) is 0 Å². The summed E-state index contributed by atoms with van der Waals surface area (Å²) < 4.78 is 36.4. The molecule has 1 rings (SSSR count). The normalized spacial score (nSPS) is 12.5. The van der Waals surface area contributed by atoms with Crippen molar-refractivity contribution in [2.45, 2.75) is 30.7 Å². The second kappa shape index (κ2) is 7.93. The van der Waals surface area contributed by atoms with Crippen molar-refractivity contribution in [2.75, 3.05) is 14.2 Å². The monoisotopic (exact) mass is 345 g/mol. The molecule has 0 saturated heterocycles. The maximum absolute atomic E-state index is 12.4. The molecule has 0 amide bonds. The summed E-state index contributed by atoms with van der Waals surface area (Å²) in [5, 5.41) is 9.07. The molecule has 128 valence electrons. The molecule has 0 saturated carbocycles. The smallest absolute Gasteiger partial charge is 0.337 e. The Morgan fingerprint density at radius 3 is 2.43 bits per heavy atom. The molecule has 0 heterocycles. The standard InChI is InChI=1S/C14H19NO7S/c1-4-5-10(13(16)17)15-23(19,20)12-7-6-9(14(18)22-3)8-11(12)21-2/h6-8,10,15H,4-5H2,1-3H3,(H,16,17). The SMILES string of the molecule is CCCC(NS(=O)(=O)c1ccc(C(=O)OC)cc1OC)C(=O)O. The molecule has 0 aliphatic rings. The molecule has 0 aliphatic heterocycles. The van der Waals surface area contributed by atoms with Gasteiger partial charge < -0.3 is 14.6 Å². The van der Waals surface area contributed by atoms with Gasteiger partial charge in [-0.2, -0.15) is 4.72 Å². The summed E-state index contributed by atoms with van der Waals surface area (Å²) in [6.45, 7) is 1.75. The minimum atomic E-state index is -4.13. The average molecular weight is 345 g/mol. The van der Waals surface area contributed by atoms with Gasteiger partial charge in [-0.25, -0.2) is 13.2 Å². The van der Waals surface area contributed by atoms with Crippen LogP contribution in [0, 0.1) is 0 Å². The van der Waals surface area contributed by atoms with Crippen molar-refractivity contribution in [3.8, 4) is 5.75 Å². The molecule has 9 heteroatoms. The number of carbonyl (C=O) groups is 2. The number of methoxy groups -OCH3 is 2. The summed E-state index contributed by atoms with van der Waals surface area (Å²) in [5.41, 5.74) is 0.117. The molecule has 0 fully saturated rings. The van der Waals surface area contributed by atoms with E-state index in [1.165, 1.54) is 26.4 Å². The molecule has 0 radical (unpaired) electrons. The highest BCUT2D eigenvalue weighted by atomic mass is 32.2. The first kappa shape index (κ1) is 18.9. The van der Waals surface area contributed by atoms with Gasteiger partial charge in [0.1, 0.15) is 16.7 Å². The molecular formula is C14H19NO7S. The van der Waals surface area contributed by atoms with Gasteiger partial charge in [0.05, 0.1) is 19.8 Å². The second-order valence-electron chi connectivity index (χ2n) is 4.66.